The zero-order chi connectivity index (χ0) is 18.8. The Morgan fingerprint density at radius 3 is 2.56 bits per heavy atom. The summed E-state index contributed by atoms with van der Waals surface area (Å²) in [4.78, 5) is 34.9. The molecule has 136 valence electrons. The number of rotatable bonds is 8. The van der Waals surface area contributed by atoms with Crippen LogP contribution in [0.1, 0.15) is 38.7 Å². The SMILES string of the molecule is CCOC(=O)CC(C)=NNC(=O)CCC(=O)Nc1cccc(Cl)c1C. The Labute approximate surface area is 151 Å². The first-order valence-corrected chi connectivity index (χ1v) is 8.23. The zero-order valence-electron chi connectivity index (χ0n) is 14.5. The van der Waals surface area contributed by atoms with Gasteiger partial charge in [-0.25, -0.2) is 5.43 Å². The summed E-state index contributed by atoms with van der Waals surface area (Å²) >= 11 is 5.99. The molecule has 0 radical (unpaired) electrons. The monoisotopic (exact) mass is 367 g/mol. The predicted octanol–water partition coefficient (Wildman–Crippen LogP) is 2.81. The van der Waals surface area contributed by atoms with Crippen LogP contribution in [0.25, 0.3) is 0 Å². The van der Waals surface area contributed by atoms with Gasteiger partial charge in [-0.15, -0.1) is 0 Å². The molecule has 0 aliphatic carbocycles. The highest BCUT2D eigenvalue weighted by Crippen LogP contribution is 2.23. The molecule has 0 aromatic heterocycles. The second-order valence-electron chi connectivity index (χ2n) is 5.32. The van der Waals surface area contributed by atoms with Crippen LogP contribution in [0, 0.1) is 6.92 Å². The van der Waals surface area contributed by atoms with Crippen LogP contribution >= 0.6 is 11.6 Å². The fourth-order valence-electron chi connectivity index (χ4n) is 1.86. The average Bonchev–Trinajstić information content (AvgIpc) is 2.55. The number of anilines is 1. The molecule has 0 unspecified atom stereocenters. The van der Waals surface area contributed by atoms with Crippen LogP contribution < -0.4 is 10.7 Å². The van der Waals surface area contributed by atoms with E-state index in [0.29, 0.717) is 23.0 Å². The number of hydrogen-bond donors (Lipinski definition) is 2. The minimum absolute atomic E-state index is 0.00263. The van der Waals surface area contributed by atoms with Gasteiger partial charge in [0.25, 0.3) is 0 Å². The van der Waals surface area contributed by atoms with Gasteiger partial charge in [-0.05, 0) is 38.5 Å². The van der Waals surface area contributed by atoms with Crippen molar-refractivity contribution in [2.45, 2.75) is 40.0 Å². The fraction of sp³-hybridized carbons (Fsp3) is 0.412. The van der Waals surface area contributed by atoms with E-state index in [1.54, 1.807) is 39.0 Å². The van der Waals surface area contributed by atoms with Crippen LogP contribution in [-0.2, 0) is 19.1 Å². The van der Waals surface area contributed by atoms with Gasteiger partial charge in [-0.3, -0.25) is 14.4 Å². The highest BCUT2D eigenvalue weighted by molar-refractivity contribution is 6.31. The molecule has 1 aromatic rings. The van der Waals surface area contributed by atoms with Crippen molar-refractivity contribution < 1.29 is 19.1 Å². The Morgan fingerprint density at radius 1 is 1.20 bits per heavy atom. The maximum atomic E-state index is 11.9. The smallest absolute Gasteiger partial charge is 0.311 e. The summed E-state index contributed by atoms with van der Waals surface area (Å²) in [6, 6.07) is 5.21. The minimum Gasteiger partial charge on any atom is -0.466 e. The maximum absolute atomic E-state index is 11.9. The van der Waals surface area contributed by atoms with Crippen molar-refractivity contribution >= 4 is 40.8 Å². The Bertz CT molecular complexity index is 674. The standard InChI is InChI=1S/C17H22ClN3O4/c1-4-25-17(24)10-11(2)20-21-16(23)9-8-15(22)19-14-7-5-6-13(18)12(14)3/h5-7H,4,8-10H2,1-3H3,(H,19,22)(H,21,23). The third-order valence-electron chi connectivity index (χ3n) is 3.20. The van der Waals surface area contributed by atoms with Gasteiger partial charge in [-0.2, -0.15) is 5.10 Å². The van der Waals surface area contributed by atoms with Crippen molar-refractivity contribution in [2.75, 3.05) is 11.9 Å². The summed E-state index contributed by atoms with van der Waals surface area (Å²) in [7, 11) is 0. The lowest BCUT2D eigenvalue weighted by Gasteiger charge is -2.09. The number of hydrazone groups is 1. The molecule has 7 nitrogen and oxygen atoms in total. The van der Waals surface area contributed by atoms with Gasteiger partial charge in [0.1, 0.15) is 0 Å². The van der Waals surface area contributed by atoms with Crippen molar-refractivity contribution in [1.82, 2.24) is 5.43 Å². The molecule has 0 fully saturated rings. The summed E-state index contributed by atoms with van der Waals surface area (Å²) in [5.41, 5.74) is 4.11. The predicted molar refractivity (Wildman–Crippen MR) is 96.6 cm³/mol. The Balaban J connectivity index is 2.39. The lowest BCUT2D eigenvalue weighted by atomic mass is 10.2. The second-order valence-corrected chi connectivity index (χ2v) is 5.73. The molecule has 0 aliphatic heterocycles. The lowest BCUT2D eigenvalue weighted by Crippen LogP contribution is -2.22. The summed E-state index contributed by atoms with van der Waals surface area (Å²) in [6.45, 7) is 5.40. The van der Waals surface area contributed by atoms with E-state index in [9.17, 15) is 14.4 Å². The van der Waals surface area contributed by atoms with Crippen LogP contribution in [0.2, 0.25) is 5.02 Å². The molecule has 8 heteroatoms. The van der Waals surface area contributed by atoms with E-state index >= 15 is 0 Å². The highest BCUT2D eigenvalue weighted by Gasteiger charge is 2.10. The molecule has 0 saturated heterocycles. The third-order valence-corrected chi connectivity index (χ3v) is 3.61. The van der Waals surface area contributed by atoms with Crippen LogP contribution in [-0.4, -0.2) is 30.1 Å². The normalized spacial score (nSPS) is 11.0. The number of halogens is 1. The molecular formula is C17H22ClN3O4. The summed E-state index contributed by atoms with van der Waals surface area (Å²) < 4.78 is 4.78. The number of ether oxygens (including phenoxy) is 1. The molecule has 0 atom stereocenters. The van der Waals surface area contributed by atoms with Gasteiger partial charge < -0.3 is 10.1 Å². The molecule has 0 saturated carbocycles. The van der Waals surface area contributed by atoms with Crippen LogP contribution in [0.15, 0.2) is 23.3 Å². The molecule has 25 heavy (non-hydrogen) atoms. The molecule has 0 aliphatic rings. The fourth-order valence-corrected chi connectivity index (χ4v) is 2.03. The first kappa shape index (κ1) is 20.6. The van der Waals surface area contributed by atoms with Gasteiger partial charge in [0.15, 0.2) is 0 Å². The molecule has 1 rings (SSSR count). The van der Waals surface area contributed by atoms with E-state index in [2.05, 4.69) is 15.8 Å². The van der Waals surface area contributed by atoms with E-state index in [4.69, 9.17) is 16.3 Å². The third kappa shape index (κ3) is 7.80. The van der Waals surface area contributed by atoms with Crippen molar-refractivity contribution in [1.29, 1.82) is 0 Å². The number of amides is 2. The second kappa shape index (κ2) is 10.5. The number of nitrogens with one attached hydrogen (secondary N) is 2. The summed E-state index contributed by atoms with van der Waals surface area (Å²) in [5, 5.41) is 7.07. The lowest BCUT2D eigenvalue weighted by molar-refractivity contribution is -0.141. The maximum Gasteiger partial charge on any atom is 0.311 e. The van der Waals surface area contributed by atoms with Gasteiger partial charge >= 0.3 is 5.97 Å². The first-order valence-electron chi connectivity index (χ1n) is 7.86. The molecule has 1 aromatic carbocycles. The molecule has 0 heterocycles. The van der Waals surface area contributed by atoms with Gasteiger partial charge in [0, 0.05) is 29.3 Å². The topological polar surface area (TPSA) is 96.9 Å². The van der Waals surface area contributed by atoms with Crippen molar-refractivity contribution in [2.24, 2.45) is 5.10 Å². The van der Waals surface area contributed by atoms with Gasteiger partial charge in [0.2, 0.25) is 11.8 Å². The number of carbonyl (C=O) groups excluding carboxylic acids is 3. The van der Waals surface area contributed by atoms with E-state index in [1.807, 2.05) is 0 Å². The van der Waals surface area contributed by atoms with E-state index in [1.165, 1.54) is 0 Å². The Hall–Kier alpha value is -2.41. The van der Waals surface area contributed by atoms with Gasteiger partial charge in [-0.1, -0.05) is 17.7 Å². The Morgan fingerprint density at radius 2 is 1.88 bits per heavy atom. The summed E-state index contributed by atoms with van der Waals surface area (Å²) in [5.74, 6) is -1.12. The van der Waals surface area contributed by atoms with Crippen LogP contribution in [0.3, 0.4) is 0 Å². The molecule has 2 N–H and O–H groups in total. The number of hydrogen-bond acceptors (Lipinski definition) is 5. The van der Waals surface area contributed by atoms with Gasteiger partial charge in [0.05, 0.1) is 13.0 Å². The van der Waals surface area contributed by atoms with E-state index in [-0.39, 0.29) is 25.2 Å². The largest absolute Gasteiger partial charge is 0.466 e. The molecule has 2 amide bonds. The van der Waals surface area contributed by atoms with Crippen molar-refractivity contribution in [3.63, 3.8) is 0 Å². The number of carbonyl (C=O) groups is 3. The number of esters is 1. The number of nitrogens with zero attached hydrogens (tertiary/aromatic N) is 1. The zero-order valence-corrected chi connectivity index (χ0v) is 15.3. The number of benzene rings is 1. The minimum atomic E-state index is -0.416. The molecule has 0 bridgehead atoms. The van der Waals surface area contributed by atoms with Crippen LogP contribution in [0.5, 0.6) is 0 Å². The molecular weight excluding hydrogens is 346 g/mol. The Kier molecular flexibility index (Phi) is 8.63. The van der Waals surface area contributed by atoms with Crippen LogP contribution in [0.4, 0.5) is 5.69 Å². The molecule has 0 spiro atoms. The summed E-state index contributed by atoms with van der Waals surface area (Å²) in [6.07, 6.45) is -0.0193. The van der Waals surface area contributed by atoms with E-state index in [0.717, 1.165) is 5.56 Å². The van der Waals surface area contributed by atoms with Crippen molar-refractivity contribution in [3.8, 4) is 0 Å². The quantitative estimate of drug-likeness (QED) is 0.419. The average molecular weight is 368 g/mol. The van der Waals surface area contributed by atoms with E-state index < -0.39 is 11.9 Å². The first-order chi connectivity index (χ1) is 11.8. The highest BCUT2D eigenvalue weighted by atomic mass is 35.5. The van der Waals surface area contributed by atoms with Crippen molar-refractivity contribution in [3.05, 3.63) is 28.8 Å².